The highest BCUT2D eigenvalue weighted by Gasteiger charge is 2.37. The third-order valence-corrected chi connectivity index (χ3v) is 3.34. The molecule has 1 rings (SSSR count). The maximum atomic E-state index is 12.8. The summed E-state index contributed by atoms with van der Waals surface area (Å²) in [5.74, 6) is 0. The molecule has 0 saturated carbocycles. The van der Waals surface area contributed by atoms with Gasteiger partial charge in [-0.2, -0.15) is 13.2 Å². The standard InChI is InChI=1S/C11H18F3N3S/c1-10(2,3)15-6-7-8(11(12,13)14)16-9(18-7)17(4)5/h15H,6H2,1-5H3. The van der Waals surface area contributed by atoms with Crippen LogP contribution >= 0.6 is 11.3 Å². The van der Waals surface area contributed by atoms with E-state index in [2.05, 4.69) is 10.3 Å². The molecule has 7 heteroatoms. The zero-order chi connectivity index (χ0) is 14.1. The molecule has 0 unspecified atom stereocenters. The first-order valence-corrected chi connectivity index (χ1v) is 6.31. The maximum absolute atomic E-state index is 12.8. The average molecular weight is 281 g/mol. The second-order valence-electron chi connectivity index (χ2n) is 5.26. The number of hydrogen-bond donors (Lipinski definition) is 1. The van der Waals surface area contributed by atoms with Crippen molar-refractivity contribution < 1.29 is 13.2 Å². The van der Waals surface area contributed by atoms with E-state index >= 15 is 0 Å². The van der Waals surface area contributed by atoms with Gasteiger partial charge in [0, 0.05) is 26.2 Å². The zero-order valence-electron chi connectivity index (χ0n) is 11.1. The molecule has 1 N–H and O–H groups in total. The molecule has 1 aromatic heterocycles. The Morgan fingerprint density at radius 2 is 1.78 bits per heavy atom. The van der Waals surface area contributed by atoms with Crippen LogP contribution in [0.3, 0.4) is 0 Å². The topological polar surface area (TPSA) is 28.2 Å². The second kappa shape index (κ2) is 5.05. The molecule has 0 fully saturated rings. The number of anilines is 1. The quantitative estimate of drug-likeness (QED) is 0.922. The number of hydrogen-bond acceptors (Lipinski definition) is 4. The van der Waals surface area contributed by atoms with Crippen LogP contribution in [-0.2, 0) is 12.7 Å². The van der Waals surface area contributed by atoms with E-state index in [1.807, 2.05) is 20.8 Å². The molecule has 0 bridgehead atoms. The van der Waals surface area contributed by atoms with Gasteiger partial charge in [-0.3, -0.25) is 0 Å². The van der Waals surface area contributed by atoms with Gasteiger partial charge in [0.15, 0.2) is 10.8 Å². The number of thiazole rings is 1. The average Bonchev–Trinajstić information content (AvgIpc) is 2.56. The molecule has 0 saturated heterocycles. The molecule has 0 atom stereocenters. The molecular formula is C11H18F3N3S. The monoisotopic (exact) mass is 281 g/mol. The number of rotatable bonds is 3. The van der Waals surface area contributed by atoms with Crippen molar-refractivity contribution in [2.45, 2.75) is 39.0 Å². The van der Waals surface area contributed by atoms with Gasteiger partial charge in [0.05, 0.1) is 4.88 Å². The lowest BCUT2D eigenvalue weighted by Crippen LogP contribution is -2.35. The largest absolute Gasteiger partial charge is 0.434 e. The highest BCUT2D eigenvalue weighted by atomic mass is 32.1. The Bertz CT molecular complexity index is 405. The molecule has 1 aromatic rings. The predicted molar refractivity (Wildman–Crippen MR) is 68.0 cm³/mol. The Morgan fingerprint density at radius 1 is 1.22 bits per heavy atom. The molecule has 0 aliphatic heterocycles. The van der Waals surface area contributed by atoms with Crippen LogP contribution in [0.1, 0.15) is 31.3 Å². The summed E-state index contributed by atoms with van der Waals surface area (Å²) in [5, 5.41) is 3.42. The van der Waals surface area contributed by atoms with Gasteiger partial charge >= 0.3 is 6.18 Å². The summed E-state index contributed by atoms with van der Waals surface area (Å²) in [5.41, 5.74) is -1.02. The normalized spacial score (nSPS) is 12.9. The second-order valence-corrected chi connectivity index (χ2v) is 6.33. The first-order valence-electron chi connectivity index (χ1n) is 5.50. The number of nitrogens with one attached hydrogen (secondary N) is 1. The van der Waals surface area contributed by atoms with Crippen molar-refractivity contribution in [1.29, 1.82) is 0 Å². The Morgan fingerprint density at radius 3 is 2.17 bits per heavy atom. The third-order valence-electron chi connectivity index (χ3n) is 2.12. The minimum Gasteiger partial charge on any atom is -0.354 e. The molecule has 3 nitrogen and oxygen atoms in total. The van der Waals surface area contributed by atoms with E-state index in [0.717, 1.165) is 11.3 Å². The van der Waals surface area contributed by atoms with Gasteiger partial charge in [-0.05, 0) is 20.8 Å². The SMILES string of the molecule is CN(C)c1nc(C(F)(F)F)c(CNC(C)(C)C)s1. The number of halogens is 3. The molecule has 104 valence electrons. The van der Waals surface area contributed by atoms with Gasteiger partial charge in [-0.1, -0.05) is 11.3 Å². The lowest BCUT2D eigenvalue weighted by Gasteiger charge is -2.20. The Balaban J connectivity index is 3.01. The van der Waals surface area contributed by atoms with Crippen molar-refractivity contribution in [1.82, 2.24) is 10.3 Å². The van der Waals surface area contributed by atoms with E-state index < -0.39 is 11.9 Å². The molecular weight excluding hydrogens is 263 g/mol. The van der Waals surface area contributed by atoms with Crippen LogP contribution in [0.2, 0.25) is 0 Å². The smallest absolute Gasteiger partial charge is 0.354 e. The van der Waals surface area contributed by atoms with Crippen LogP contribution in [0.15, 0.2) is 0 Å². The van der Waals surface area contributed by atoms with Crippen molar-refractivity contribution >= 4 is 16.5 Å². The summed E-state index contributed by atoms with van der Waals surface area (Å²) in [6, 6.07) is 0. The van der Waals surface area contributed by atoms with Gasteiger partial charge < -0.3 is 10.2 Å². The lowest BCUT2D eigenvalue weighted by molar-refractivity contribution is -0.141. The third kappa shape index (κ3) is 4.13. The molecule has 0 aliphatic carbocycles. The van der Waals surface area contributed by atoms with Crippen LogP contribution in [-0.4, -0.2) is 24.6 Å². The van der Waals surface area contributed by atoms with Crippen LogP contribution < -0.4 is 10.2 Å². The van der Waals surface area contributed by atoms with Crippen LogP contribution in [0.4, 0.5) is 18.3 Å². The molecule has 0 radical (unpaired) electrons. The van der Waals surface area contributed by atoms with E-state index in [1.54, 1.807) is 19.0 Å². The zero-order valence-corrected chi connectivity index (χ0v) is 12.0. The van der Waals surface area contributed by atoms with Crippen molar-refractivity contribution in [3.63, 3.8) is 0 Å². The minimum atomic E-state index is -4.40. The van der Waals surface area contributed by atoms with Crippen molar-refractivity contribution in [3.8, 4) is 0 Å². The highest BCUT2D eigenvalue weighted by molar-refractivity contribution is 7.15. The minimum absolute atomic E-state index is 0.170. The number of aromatic nitrogens is 1. The van der Waals surface area contributed by atoms with Crippen molar-refractivity contribution in [2.75, 3.05) is 19.0 Å². The van der Waals surface area contributed by atoms with E-state index in [4.69, 9.17) is 0 Å². The van der Waals surface area contributed by atoms with E-state index in [1.165, 1.54) is 0 Å². The van der Waals surface area contributed by atoms with Gasteiger partial charge in [-0.25, -0.2) is 4.98 Å². The first kappa shape index (κ1) is 15.2. The van der Waals surface area contributed by atoms with Crippen LogP contribution in [0.5, 0.6) is 0 Å². The first-order chi connectivity index (χ1) is 8.00. The summed E-state index contributed by atoms with van der Waals surface area (Å²) in [7, 11) is 3.36. The Labute approximate surface area is 109 Å². The van der Waals surface area contributed by atoms with Crippen LogP contribution in [0, 0.1) is 0 Å². The fraction of sp³-hybridized carbons (Fsp3) is 0.727. The fourth-order valence-electron chi connectivity index (χ4n) is 1.22. The van der Waals surface area contributed by atoms with Gasteiger partial charge in [0.2, 0.25) is 0 Å². The molecule has 18 heavy (non-hydrogen) atoms. The molecule has 0 spiro atoms. The summed E-state index contributed by atoms with van der Waals surface area (Å²) >= 11 is 1.07. The Hall–Kier alpha value is -0.820. The lowest BCUT2D eigenvalue weighted by atomic mass is 10.1. The van der Waals surface area contributed by atoms with Gasteiger partial charge in [0.1, 0.15) is 0 Å². The summed E-state index contributed by atoms with van der Waals surface area (Å²) in [6.07, 6.45) is -4.40. The molecule has 0 aliphatic rings. The predicted octanol–water partition coefficient (Wildman–Crippen LogP) is 3.12. The Kier molecular flexibility index (Phi) is 4.27. The number of nitrogens with zero attached hydrogens (tertiary/aromatic N) is 2. The van der Waals surface area contributed by atoms with Crippen molar-refractivity contribution in [2.24, 2.45) is 0 Å². The fourth-order valence-corrected chi connectivity index (χ4v) is 2.16. The number of alkyl halides is 3. The summed E-state index contributed by atoms with van der Waals surface area (Å²) in [4.78, 5) is 5.47. The van der Waals surface area contributed by atoms with E-state index in [0.29, 0.717) is 5.13 Å². The van der Waals surface area contributed by atoms with Crippen molar-refractivity contribution in [3.05, 3.63) is 10.6 Å². The van der Waals surface area contributed by atoms with E-state index in [9.17, 15) is 13.2 Å². The molecule has 0 amide bonds. The molecule has 1 heterocycles. The van der Waals surface area contributed by atoms with E-state index in [-0.39, 0.29) is 17.0 Å². The highest BCUT2D eigenvalue weighted by Crippen LogP contribution is 2.36. The van der Waals surface area contributed by atoms with Gasteiger partial charge in [-0.15, -0.1) is 0 Å². The van der Waals surface area contributed by atoms with Gasteiger partial charge in [0.25, 0.3) is 0 Å². The van der Waals surface area contributed by atoms with Crippen LogP contribution in [0.25, 0.3) is 0 Å². The maximum Gasteiger partial charge on any atom is 0.434 e. The summed E-state index contributed by atoms with van der Waals surface area (Å²) in [6.45, 7) is 5.90. The summed E-state index contributed by atoms with van der Waals surface area (Å²) < 4.78 is 38.5. The molecule has 0 aromatic carbocycles.